The molecule has 0 fully saturated rings. The van der Waals surface area contributed by atoms with Crippen molar-refractivity contribution in [1.82, 2.24) is 9.97 Å². The van der Waals surface area contributed by atoms with Gasteiger partial charge in [-0.2, -0.15) is 0 Å². The van der Waals surface area contributed by atoms with E-state index in [-0.39, 0.29) is 0 Å². The van der Waals surface area contributed by atoms with E-state index in [9.17, 15) is 0 Å². The van der Waals surface area contributed by atoms with Crippen LogP contribution in [-0.4, -0.2) is 18.0 Å². The van der Waals surface area contributed by atoms with Crippen LogP contribution in [0.15, 0.2) is 10.8 Å². The number of rotatable bonds is 1. The standard InChI is InChI=1S/C7H10BrIN2Si/c1-12(2,3)6-4-5(9)10-7(8)11-6/h4H,1-3H3. The third-order valence-corrected chi connectivity index (χ3v) is 4.14. The number of hydrogen-bond acceptors (Lipinski definition) is 2. The van der Waals surface area contributed by atoms with Gasteiger partial charge in [-0.25, -0.2) is 9.97 Å². The second kappa shape index (κ2) is 3.71. The van der Waals surface area contributed by atoms with Crippen LogP contribution in [-0.2, 0) is 0 Å². The molecule has 0 aromatic carbocycles. The van der Waals surface area contributed by atoms with Crippen molar-refractivity contribution < 1.29 is 0 Å². The van der Waals surface area contributed by atoms with Crippen molar-refractivity contribution in [3.05, 3.63) is 14.5 Å². The molecule has 0 saturated carbocycles. The Labute approximate surface area is 95.5 Å². The van der Waals surface area contributed by atoms with Crippen molar-refractivity contribution in [3.63, 3.8) is 0 Å². The smallest absolute Gasteiger partial charge is 0.197 e. The SMILES string of the molecule is C[Si](C)(C)c1cc(I)nc(Br)n1. The third kappa shape index (κ3) is 2.77. The van der Waals surface area contributed by atoms with Crippen LogP contribution < -0.4 is 5.32 Å². The van der Waals surface area contributed by atoms with Crippen LogP contribution in [0.1, 0.15) is 0 Å². The fourth-order valence-electron chi connectivity index (χ4n) is 0.774. The molecule has 1 aromatic rings. The van der Waals surface area contributed by atoms with Gasteiger partial charge >= 0.3 is 0 Å². The average Bonchev–Trinajstić information content (AvgIpc) is 1.82. The molecule has 12 heavy (non-hydrogen) atoms. The Balaban J connectivity index is 3.18. The van der Waals surface area contributed by atoms with E-state index in [1.54, 1.807) is 0 Å². The Bertz CT molecular complexity index is 278. The lowest BCUT2D eigenvalue weighted by molar-refractivity contribution is 1.10. The summed E-state index contributed by atoms with van der Waals surface area (Å²) >= 11 is 5.51. The topological polar surface area (TPSA) is 25.8 Å². The van der Waals surface area contributed by atoms with E-state index in [0.29, 0.717) is 4.73 Å². The highest BCUT2D eigenvalue weighted by atomic mass is 127. The molecule has 0 atom stereocenters. The van der Waals surface area contributed by atoms with Gasteiger partial charge in [-0.1, -0.05) is 19.6 Å². The van der Waals surface area contributed by atoms with Gasteiger partial charge in [-0.05, 0) is 44.6 Å². The number of hydrogen-bond donors (Lipinski definition) is 0. The van der Waals surface area contributed by atoms with Gasteiger partial charge in [-0.3, -0.25) is 0 Å². The summed E-state index contributed by atoms with van der Waals surface area (Å²) in [6, 6.07) is 2.07. The van der Waals surface area contributed by atoms with Gasteiger partial charge in [0, 0.05) is 5.32 Å². The number of halogens is 2. The summed E-state index contributed by atoms with van der Waals surface area (Å²) in [5.74, 6) is 0. The lowest BCUT2D eigenvalue weighted by atomic mass is 10.7. The van der Waals surface area contributed by atoms with Crippen LogP contribution in [0.25, 0.3) is 0 Å². The molecule has 1 heterocycles. The first-order chi connectivity index (χ1) is 5.39. The zero-order valence-electron chi connectivity index (χ0n) is 7.23. The van der Waals surface area contributed by atoms with Crippen LogP contribution in [0.2, 0.25) is 19.6 Å². The quantitative estimate of drug-likeness (QED) is 0.334. The molecule has 0 amide bonds. The van der Waals surface area contributed by atoms with E-state index in [0.717, 1.165) is 3.70 Å². The summed E-state index contributed by atoms with van der Waals surface area (Å²) in [5.41, 5.74) is 0. The van der Waals surface area contributed by atoms with Gasteiger partial charge in [0.05, 0.1) is 0 Å². The summed E-state index contributed by atoms with van der Waals surface area (Å²) in [4.78, 5) is 8.53. The Morgan fingerprint density at radius 1 is 1.33 bits per heavy atom. The summed E-state index contributed by atoms with van der Waals surface area (Å²) in [6.07, 6.45) is 0. The number of nitrogens with zero attached hydrogens (tertiary/aromatic N) is 2. The zero-order chi connectivity index (χ0) is 9.35. The maximum absolute atomic E-state index is 4.37. The molecule has 0 unspecified atom stereocenters. The molecular formula is C7H10BrIN2Si. The van der Waals surface area contributed by atoms with E-state index in [1.807, 2.05) is 0 Å². The summed E-state index contributed by atoms with van der Waals surface area (Å²) in [7, 11) is -1.28. The predicted octanol–water partition coefficient (Wildman–Crippen LogP) is 2.39. The largest absolute Gasteiger partial charge is 0.232 e. The van der Waals surface area contributed by atoms with Gasteiger partial charge < -0.3 is 0 Å². The first kappa shape index (κ1) is 10.6. The first-order valence-electron chi connectivity index (χ1n) is 3.60. The maximum atomic E-state index is 4.37. The van der Waals surface area contributed by atoms with E-state index < -0.39 is 8.07 Å². The first-order valence-corrected chi connectivity index (χ1v) is 8.97. The van der Waals surface area contributed by atoms with Crippen molar-refractivity contribution in [3.8, 4) is 0 Å². The van der Waals surface area contributed by atoms with Crippen molar-refractivity contribution in [2.75, 3.05) is 0 Å². The Morgan fingerprint density at radius 3 is 2.33 bits per heavy atom. The number of aromatic nitrogens is 2. The molecule has 1 rings (SSSR count). The normalized spacial score (nSPS) is 11.8. The van der Waals surface area contributed by atoms with E-state index >= 15 is 0 Å². The van der Waals surface area contributed by atoms with Gasteiger partial charge in [0.15, 0.2) is 4.73 Å². The van der Waals surface area contributed by atoms with Gasteiger partial charge in [0.1, 0.15) is 11.8 Å². The minimum atomic E-state index is -1.28. The molecule has 0 N–H and O–H groups in total. The fourth-order valence-corrected chi connectivity index (χ4v) is 3.48. The lowest BCUT2D eigenvalue weighted by Gasteiger charge is -2.14. The molecule has 0 aliphatic heterocycles. The molecule has 0 spiro atoms. The molecule has 0 bridgehead atoms. The van der Waals surface area contributed by atoms with E-state index in [1.165, 1.54) is 5.32 Å². The summed E-state index contributed by atoms with van der Waals surface area (Å²) in [5, 5.41) is 1.20. The Hall–Kier alpha value is 0.507. The van der Waals surface area contributed by atoms with Crippen LogP contribution in [0.5, 0.6) is 0 Å². The van der Waals surface area contributed by atoms with Gasteiger partial charge in [-0.15, -0.1) is 0 Å². The third-order valence-electron chi connectivity index (χ3n) is 1.44. The predicted molar refractivity (Wildman–Crippen MR) is 65.4 cm³/mol. The molecule has 66 valence electrons. The highest BCUT2D eigenvalue weighted by Gasteiger charge is 2.19. The van der Waals surface area contributed by atoms with Crippen molar-refractivity contribution in [2.24, 2.45) is 0 Å². The van der Waals surface area contributed by atoms with Crippen LogP contribution in [0.4, 0.5) is 0 Å². The summed E-state index contributed by atoms with van der Waals surface area (Å²) < 4.78 is 1.71. The molecule has 5 heteroatoms. The average molecular weight is 357 g/mol. The van der Waals surface area contributed by atoms with Crippen LogP contribution in [0.3, 0.4) is 0 Å². The molecule has 2 nitrogen and oxygen atoms in total. The molecule has 0 radical (unpaired) electrons. The summed E-state index contributed by atoms with van der Waals surface area (Å²) in [6.45, 7) is 6.83. The van der Waals surface area contributed by atoms with Crippen molar-refractivity contribution >= 4 is 51.9 Å². The second-order valence-corrected chi connectivity index (χ2v) is 10.4. The lowest BCUT2D eigenvalue weighted by Crippen LogP contribution is -2.40. The van der Waals surface area contributed by atoms with Gasteiger partial charge in [0.25, 0.3) is 0 Å². The zero-order valence-corrected chi connectivity index (χ0v) is 12.0. The second-order valence-electron chi connectivity index (χ2n) is 3.59. The van der Waals surface area contributed by atoms with Crippen molar-refractivity contribution in [2.45, 2.75) is 19.6 Å². The molecular weight excluding hydrogens is 347 g/mol. The molecule has 0 aliphatic carbocycles. The minimum Gasteiger partial charge on any atom is -0.232 e. The monoisotopic (exact) mass is 356 g/mol. The van der Waals surface area contributed by atoms with Crippen LogP contribution in [0, 0.1) is 3.70 Å². The maximum Gasteiger partial charge on any atom is 0.197 e. The Morgan fingerprint density at radius 2 is 1.92 bits per heavy atom. The highest BCUT2D eigenvalue weighted by molar-refractivity contribution is 14.1. The van der Waals surface area contributed by atoms with E-state index in [4.69, 9.17) is 0 Å². The van der Waals surface area contributed by atoms with Crippen molar-refractivity contribution in [1.29, 1.82) is 0 Å². The molecule has 0 aliphatic rings. The van der Waals surface area contributed by atoms with Gasteiger partial charge in [0.2, 0.25) is 0 Å². The van der Waals surface area contributed by atoms with E-state index in [2.05, 4.69) is 74.2 Å². The fraction of sp³-hybridized carbons (Fsp3) is 0.429. The molecule has 0 saturated heterocycles. The highest BCUT2D eigenvalue weighted by Crippen LogP contribution is 2.07. The minimum absolute atomic E-state index is 0.701. The Kier molecular flexibility index (Phi) is 3.27. The molecule has 1 aromatic heterocycles. The van der Waals surface area contributed by atoms with Crippen LogP contribution >= 0.6 is 38.5 Å².